The summed E-state index contributed by atoms with van der Waals surface area (Å²) in [5, 5.41) is 15.3. The third-order valence-corrected chi connectivity index (χ3v) is 10.3. The van der Waals surface area contributed by atoms with Crippen LogP contribution in [0.1, 0.15) is 16.7 Å². The van der Waals surface area contributed by atoms with Crippen molar-refractivity contribution in [2.75, 3.05) is 31.9 Å². The van der Waals surface area contributed by atoms with E-state index in [9.17, 15) is 36.0 Å². The van der Waals surface area contributed by atoms with Gasteiger partial charge in [0.25, 0.3) is 20.0 Å². The lowest BCUT2D eigenvalue weighted by Gasteiger charge is -2.14. The number of sulfonamides is 2. The van der Waals surface area contributed by atoms with Gasteiger partial charge in [0.15, 0.2) is 0 Å². The van der Waals surface area contributed by atoms with Crippen LogP contribution >= 0.6 is 0 Å². The molecule has 16 nitrogen and oxygen atoms in total. The average Bonchev–Trinajstić information content (AvgIpc) is 3.09. The fourth-order valence-corrected chi connectivity index (χ4v) is 6.78. The van der Waals surface area contributed by atoms with Gasteiger partial charge in [-0.3, -0.25) is 0 Å². The normalized spacial score (nSPS) is 11.0. The first-order chi connectivity index (χ1) is 26.0. The van der Waals surface area contributed by atoms with E-state index in [1.807, 2.05) is 35.4 Å². The lowest BCUT2D eigenvalue weighted by molar-refractivity contribution is 0.255. The summed E-state index contributed by atoms with van der Waals surface area (Å²) in [5.74, 6) is 0. The third kappa shape index (κ3) is 11.3. The highest BCUT2D eigenvalue weighted by molar-refractivity contribution is 7.90. The summed E-state index contributed by atoms with van der Waals surface area (Å²) >= 11 is 0. The van der Waals surface area contributed by atoms with Crippen LogP contribution in [-0.2, 0) is 20.0 Å². The van der Waals surface area contributed by atoms with Crippen LogP contribution in [0.4, 0.5) is 53.3 Å². The molecular weight excluding hydrogens is 749 g/mol. The lowest BCUT2D eigenvalue weighted by Crippen LogP contribution is -2.35. The first kappa shape index (κ1) is 39.3. The minimum absolute atomic E-state index is 0.0742. The number of benzene rings is 5. The van der Waals surface area contributed by atoms with Gasteiger partial charge in [-0.1, -0.05) is 30.3 Å². The summed E-state index contributed by atoms with van der Waals surface area (Å²) < 4.78 is 55.4. The third-order valence-electron chi connectivity index (χ3n) is 7.59. The summed E-state index contributed by atoms with van der Waals surface area (Å²) in [4.78, 5) is 49.6. The lowest BCUT2D eigenvalue weighted by atomic mass is 10.2. The molecule has 0 heterocycles. The summed E-state index contributed by atoms with van der Waals surface area (Å²) in [6.07, 6.45) is 0. The van der Waals surface area contributed by atoms with Gasteiger partial charge >= 0.3 is 24.1 Å². The van der Waals surface area contributed by atoms with E-state index in [2.05, 4.69) is 31.9 Å². The summed E-state index contributed by atoms with van der Waals surface area (Å²) in [5.41, 5.74) is 4.35. The number of carbonyl (C=O) groups excluding carboxylic acids is 4. The Morgan fingerprint density at radius 1 is 0.400 bits per heavy atom. The van der Waals surface area contributed by atoms with E-state index < -0.39 is 44.2 Å². The Bertz CT molecular complexity index is 2480. The Hall–Kier alpha value is -6.92. The number of carbonyl (C=O) groups is 4. The van der Waals surface area contributed by atoms with Crippen molar-refractivity contribution in [3.63, 3.8) is 0 Å². The van der Waals surface area contributed by atoms with E-state index in [1.165, 1.54) is 66.7 Å². The zero-order chi connectivity index (χ0) is 39.8. The topological polar surface area (TPSA) is 233 Å². The number of urea groups is 4. The highest BCUT2D eigenvalue weighted by Gasteiger charge is 2.20. The first-order valence-corrected chi connectivity index (χ1v) is 19.3. The zero-order valence-electron chi connectivity index (χ0n) is 29.6. The molecule has 0 saturated carbocycles. The van der Waals surface area contributed by atoms with Crippen molar-refractivity contribution in [2.45, 2.75) is 30.6 Å². The predicted molar refractivity (Wildman–Crippen MR) is 210 cm³/mol. The molecule has 0 aromatic heterocycles. The van der Waals surface area contributed by atoms with Crippen molar-refractivity contribution in [3.05, 3.63) is 132 Å². The van der Waals surface area contributed by atoms with E-state index in [-0.39, 0.29) is 21.2 Å². The number of anilines is 6. The molecule has 0 aliphatic heterocycles. The van der Waals surface area contributed by atoms with Crippen molar-refractivity contribution in [2.24, 2.45) is 0 Å². The predicted octanol–water partition coefficient (Wildman–Crippen LogP) is 6.92. The molecule has 0 bridgehead atoms. The van der Waals surface area contributed by atoms with E-state index in [4.69, 9.17) is 0 Å². The standard InChI is InChI=1S/C37H36N8O8S2/c1-23-6-4-8-28(20-23)40-34(46)38-26-12-16-31(17-13-26)54(50,51)44-36(48)42-30-11-10-25(3)33(22-30)43-37(49)45-55(52,53)32-18-14-27(15-19-32)39-35(47)41-29-9-5-7-24(2)21-29/h4-22H,1-3H3,(H2,38,40,46)(H2,39,41,47)(H2,42,44,48)(H2,43,45,49). The van der Waals surface area contributed by atoms with Gasteiger partial charge < -0.3 is 31.9 Å². The number of rotatable bonds is 10. The zero-order valence-corrected chi connectivity index (χ0v) is 31.2. The van der Waals surface area contributed by atoms with Crippen LogP contribution in [-0.4, -0.2) is 41.0 Å². The Balaban J connectivity index is 1.13. The fraction of sp³-hybridized carbons (Fsp3) is 0.0811. The maximum absolute atomic E-state index is 12.9. The summed E-state index contributed by atoms with van der Waals surface area (Å²) in [6.45, 7) is 5.38. The molecule has 8 N–H and O–H groups in total. The first-order valence-electron chi connectivity index (χ1n) is 16.3. The van der Waals surface area contributed by atoms with Gasteiger partial charge in [0.05, 0.1) is 9.79 Å². The molecule has 0 saturated heterocycles. The van der Waals surface area contributed by atoms with Crippen molar-refractivity contribution < 1.29 is 36.0 Å². The van der Waals surface area contributed by atoms with Gasteiger partial charge in [-0.15, -0.1) is 0 Å². The number of amides is 8. The molecule has 5 aromatic rings. The quantitative estimate of drug-likeness (QED) is 0.0739. The van der Waals surface area contributed by atoms with Crippen LogP contribution in [0.5, 0.6) is 0 Å². The second kappa shape index (κ2) is 16.8. The molecule has 0 aliphatic rings. The smallest absolute Gasteiger partial charge is 0.308 e. The van der Waals surface area contributed by atoms with Crippen LogP contribution in [0, 0.1) is 20.8 Å². The highest BCUT2D eigenvalue weighted by Crippen LogP contribution is 2.22. The number of hydrogen-bond donors (Lipinski definition) is 8. The van der Waals surface area contributed by atoms with Crippen LogP contribution in [0.3, 0.4) is 0 Å². The molecule has 0 fully saturated rings. The largest absolute Gasteiger partial charge is 0.333 e. The van der Waals surface area contributed by atoms with Gasteiger partial charge in [-0.25, -0.2) is 45.5 Å². The Morgan fingerprint density at radius 3 is 1.20 bits per heavy atom. The second-order valence-corrected chi connectivity index (χ2v) is 15.5. The van der Waals surface area contributed by atoms with Gasteiger partial charge in [-0.2, -0.15) is 0 Å². The molecule has 0 aliphatic carbocycles. The van der Waals surface area contributed by atoms with Gasteiger partial charge in [0.2, 0.25) is 0 Å². The SMILES string of the molecule is Cc1cccc(NC(=O)Nc2ccc(S(=O)(=O)NC(=O)Nc3ccc(C)c(NC(=O)NS(=O)(=O)c4ccc(NC(=O)Nc5cccc(C)c5)cc4)c3)cc2)c1. The second-order valence-electron chi connectivity index (χ2n) is 12.1. The maximum Gasteiger partial charge on any atom is 0.333 e. The molecule has 8 amide bonds. The minimum Gasteiger partial charge on any atom is -0.308 e. The Morgan fingerprint density at radius 2 is 0.764 bits per heavy atom. The van der Waals surface area contributed by atoms with Crippen molar-refractivity contribution in [3.8, 4) is 0 Å². The molecule has 0 radical (unpaired) electrons. The van der Waals surface area contributed by atoms with Gasteiger partial charge in [-0.05, 0) is 122 Å². The summed E-state index contributed by atoms with van der Waals surface area (Å²) in [6, 6.07) is 25.5. The number of aryl methyl sites for hydroxylation is 3. The molecule has 5 aromatic carbocycles. The number of hydrogen-bond acceptors (Lipinski definition) is 8. The maximum atomic E-state index is 12.9. The van der Waals surface area contributed by atoms with Crippen LogP contribution < -0.4 is 41.3 Å². The molecule has 0 unspecified atom stereocenters. The molecule has 284 valence electrons. The van der Waals surface area contributed by atoms with E-state index in [1.54, 1.807) is 43.3 Å². The fourth-order valence-electron chi connectivity index (χ4n) is 4.97. The minimum atomic E-state index is -4.35. The molecule has 5 rings (SSSR count). The van der Waals surface area contributed by atoms with E-state index in [0.717, 1.165) is 11.1 Å². The van der Waals surface area contributed by atoms with Crippen LogP contribution in [0.15, 0.2) is 125 Å². The molecule has 0 spiro atoms. The van der Waals surface area contributed by atoms with Crippen molar-refractivity contribution in [1.82, 2.24) is 9.44 Å². The highest BCUT2D eigenvalue weighted by atomic mass is 32.2. The van der Waals surface area contributed by atoms with Gasteiger partial charge in [0, 0.05) is 34.1 Å². The van der Waals surface area contributed by atoms with Crippen LogP contribution in [0.2, 0.25) is 0 Å². The van der Waals surface area contributed by atoms with Gasteiger partial charge in [0.1, 0.15) is 0 Å². The molecule has 18 heteroatoms. The molecule has 0 atom stereocenters. The monoisotopic (exact) mass is 784 g/mol. The van der Waals surface area contributed by atoms with E-state index >= 15 is 0 Å². The Kier molecular flexibility index (Phi) is 12.0. The van der Waals surface area contributed by atoms with Crippen molar-refractivity contribution >= 4 is 78.3 Å². The summed E-state index contributed by atoms with van der Waals surface area (Å²) in [7, 11) is -8.70. The number of nitrogens with one attached hydrogen (secondary N) is 8. The van der Waals surface area contributed by atoms with Crippen molar-refractivity contribution in [1.29, 1.82) is 0 Å². The molecule has 55 heavy (non-hydrogen) atoms. The Labute approximate surface area is 317 Å². The van der Waals surface area contributed by atoms with E-state index in [0.29, 0.717) is 28.3 Å². The molecular formula is C37H36N8O8S2. The van der Waals surface area contributed by atoms with Crippen LogP contribution in [0.25, 0.3) is 0 Å². The average molecular weight is 785 g/mol.